The Kier molecular flexibility index (Phi) is 6.97. The van der Waals surface area contributed by atoms with Crippen LogP contribution < -0.4 is 0 Å². The lowest BCUT2D eigenvalue weighted by Crippen LogP contribution is -2.18. The molecule has 0 aromatic rings. The molecular formula is C13H24O3S. The number of aliphatic hydroxyl groups is 1. The van der Waals surface area contributed by atoms with Crippen LogP contribution in [0.4, 0.5) is 0 Å². The van der Waals surface area contributed by atoms with E-state index in [4.69, 9.17) is 0 Å². The smallest absolute Gasteiger partial charge is 0.309 e. The van der Waals surface area contributed by atoms with Gasteiger partial charge < -0.3 is 9.84 Å². The Labute approximate surface area is 108 Å². The molecule has 1 rings (SSSR count). The molecule has 0 aliphatic heterocycles. The standard InChI is InChI=1S/C13H24O3S/c1-10(13(15)16-2)8-17-9-12(14)7-11-5-3-4-6-11/h10-12,14H,3-9H2,1-2H3. The molecule has 2 unspecified atom stereocenters. The maximum Gasteiger partial charge on any atom is 0.309 e. The summed E-state index contributed by atoms with van der Waals surface area (Å²) in [6, 6.07) is 0. The van der Waals surface area contributed by atoms with Crippen LogP contribution in [-0.2, 0) is 9.53 Å². The van der Waals surface area contributed by atoms with Crippen molar-refractivity contribution in [2.24, 2.45) is 11.8 Å². The Morgan fingerprint density at radius 3 is 2.65 bits per heavy atom. The van der Waals surface area contributed by atoms with Crippen molar-refractivity contribution in [1.29, 1.82) is 0 Å². The van der Waals surface area contributed by atoms with E-state index in [0.717, 1.165) is 23.8 Å². The molecule has 1 aliphatic rings. The van der Waals surface area contributed by atoms with E-state index in [-0.39, 0.29) is 18.0 Å². The number of hydrogen-bond donors (Lipinski definition) is 1. The minimum Gasteiger partial charge on any atom is -0.469 e. The van der Waals surface area contributed by atoms with E-state index in [9.17, 15) is 9.90 Å². The summed E-state index contributed by atoms with van der Waals surface area (Å²) in [6.07, 6.45) is 5.92. The molecular weight excluding hydrogens is 236 g/mol. The van der Waals surface area contributed by atoms with Gasteiger partial charge in [-0.1, -0.05) is 32.6 Å². The lowest BCUT2D eigenvalue weighted by Gasteiger charge is -2.15. The highest BCUT2D eigenvalue weighted by molar-refractivity contribution is 7.99. The van der Waals surface area contributed by atoms with Crippen molar-refractivity contribution in [3.8, 4) is 0 Å². The Bertz CT molecular complexity index is 227. The van der Waals surface area contributed by atoms with Crippen molar-refractivity contribution in [2.75, 3.05) is 18.6 Å². The molecule has 17 heavy (non-hydrogen) atoms. The summed E-state index contributed by atoms with van der Waals surface area (Å²) in [5, 5.41) is 9.88. The number of ether oxygens (including phenoxy) is 1. The Balaban J connectivity index is 2.06. The van der Waals surface area contributed by atoms with Crippen molar-refractivity contribution in [2.45, 2.75) is 45.1 Å². The van der Waals surface area contributed by atoms with Crippen molar-refractivity contribution in [3.63, 3.8) is 0 Å². The maximum atomic E-state index is 11.2. The van der Waals surface area contributed by atoms with E-state index in [1.165, 1.54) is 32.8 Å². The number of rotatable bonds is 7. The van der Waals surface area contributed by atoms with Gasteiger partial charge in [0.2, 0.25) is 0 Å². The van der Waals surface area contributed by atoms with Crippen LogP contribution in [0.15, 0.2) is 0 Å². The van der Waals surface area contributed by atoms with Gasteiger partial charge in [0.25, 0.3) is 0 Å². The van der Waals surface area contributed by atoms with Gasteiger partial charge in [-0.25, -0.2) is 0 Å². The molecule has 1 N–H and O–H groups in total. The van der Waals surface area contributed by atoms with Crippen LogP contribution in [0.2, 0.25) is 0 Å². The Morgan fingerprint density at radius 1 is 1.41 bits per heavy atom. The molecule has 2 atom stereocenters. The molecule has 1 saturated carbocycles. The Morgan fingerprint density at radius 2 is 2.06 bits per heavy atom. The van der Waals surface area contributed by atoms with Gasteiger partial charge in [-0.3, -0.25) is 4.79 Å². The fourth-order valence-electron chi connectivity index (χ4n) is 2.35. The first kappa shape index (κ1) is 14.8. The largest absolute Gasteiger partial charge is 0.469 e. The molecule has 1 fully saturated rings. The van der Waals surface area contributed by atoms with Crippen LogP contribution in [-0.4, -0.2) is 35.8 Å². The molecule has 0 bridgehead atoms. The molecule has 3 nitrogen and oxygen atoms in total. The number of hydrogen-bond acceptors (Lipinski definition) is 4. The van der Waals surface area contributed by atoms with E-state index in [2.05, 4.69) is 4.74 Å². The molecule has 0 heterocycles. The molecule has 0 saturated heterocycles. The summed E-state index contributed by atoms with van der Waals surface area (Å²) in [7, 11) is 1.42. The SMILES string of the molecule is COC(=O)C(C)CSCC(O)CC1CCCC1. The maximum absolute atomic E-state index is 11.2. The van der Waals surface area contributed by atoms with Crippen LogP contribution in [0.5, 0.6) is 0 Å². The van der Waals surface area contributed by atoms with Crippen molar-refractivity contribution >= 4 is 17.7 Å². The van der Waals surface area contributed by atoms with E-state index in [1.54, 1.807) is 11.8 Å². The minimum absolute atomic E-state index is 0.0799. The first-order valence-corrected chi connectivity index (χ1v) is 7.62. The summed E-state index contributed by atoms with van der Waals surface area (Å²) in [6.45, 7) is 1.86. The van der Waals surface area contributed by atoms with Gasteiger partial charge in [0, 0.05) is 11.5 Å². The first-order valence-electron chi connectivity index (χ1n) is 6.47. The van der Waals surface area contributed by atoms with Gasteiger partial charge in [0.15, 0.2) is 0 Å². The number of esters is 1. The molecule has 4 heteroatoms. The van der Waals surface area contributed by atoms with Crippen LogP contribution in [0.3, 0.4) is 0 Å². The minimum atomic E-state index is -0.215. The highest BCUT2D eigenvalue weighted by Gasteiger charge is 2.19. The number of carbonyl (C=O) groups is 1. The van der Waals surface area contributed by atoms with Crippen LogP contribution >= 0.6 is 11.8 Å². The molecule has 1 aliphatic carbocycles. The number of thioether (sulfide) groups is 1. The Hall–Kier alpha value is -0.220. The summed E-state index contributed by atoms with van der Waals surface area (Å²) in [5.41, 5.74) is 0. The van der Waals surface area contributed by atoms with Gasteiger partial charge in [-0.2, -0.15) is 11.8 Å². The zero-order valence-corrected chi connectivity index (χ0v) is 11.7. The lowest BCUT2D eigenvalue weighted by atomic mass is 10.0. The molecule has 0 aromatic heterocycles. The van der Waals surface area contributed by atoms with Crippen molar-refractivity contribution in [3.05, 3.63) is 0 Å². The highest BCUT2D eigenvalue weighted by Crippen LogP contribution is 2.29. The van der Waals surface area contributed by atoms with Crippen LogP contribution in [0.25, 0.3) is 0 Å². The summed E-state index contributed by atoms with van der Waals surface area (Å²) < 4.78 is 4.66. The van der Waals surface area contributed by atoms with Crippen LogP contribution in [0, 0.1) is 11.8 Å². The fourth-order valence-corrected chi connectivity index (χ4v) is 3.38. The molecule has 100 valence electrons. The average molecular weight is 260 g/mol. The second-order valence-electron chi connectivity index (χ2n) is 5.00. The predicted octanol–water partition coefficient (Wildman–Crippen LogP) is 2.47. The highest BCUT2D eigenvalue weighted by atomic mass is 32.2. The van der Waals surface area contributed by atoms with E-state index in [1.807, 2.05) is 6.92 Å². The van der Waals surface area contributed by atoms with E-state index in [0.29, 0.717) is 0 Å². The molecule has 0 radical (unpaired) electrons. The van der Waals surface area contributed by atoms with Gasteiger partial charge in [-0.05, 0) is 12.3 Å². The second kappa shape index (κ2) is 7.98. The fraction of sp³-hybridized carbons (Fsp3) is 0.923. The third-order valence-electron chi connectivity index (χ3n) is 3.36. The second-order valence-corrected chi connectivity index (χ2v) is 6.08. The van der Waals surface area contributed by atoms with Gasteiger partial charge >= 0.3 is 5.97 Å². The molecule has 0 spiro atoms. The average Bonchev–Trinajstić information content (AvgIpc) is 2.80. The number of carbonyl (C=O) groups excluding carboxylic acids is 1. The zero-order chi connectivity index (χ0) is 12.7. The summed E-state index contributed by atoms with van der Waals surface area (Å²) in [5.74, 6) is 1.95. The van der Waals surface area contributed by atoms with E-state index < -0.39 is 0 Å². The van der Waals surface area contributed by atoms with Crippen molar-refractivity contribution in [1.82, 2.24) is 0 Å². The van der Waals surface area contributed by atoms with Crippen molar-refractivity contribution < 1.29 is 14.6 Å². The van der Waals surface area contributed by atoms with Gasteiger partial charge in [-0.15, -0.1) is 0 Å². The molecule has 0 aromatic carbocycles. The third kappa shape index (κ3) is 5.77. The van der Waals surface area contributed by atoms with Crippen LogP contribution in [0.1, 0.15) is 39.0 Å². The van der Waals surface area contributed by atoms with Gasteiger partial charge in [0.05, 0.1) is 19.1 Å². The summed E-state index contributed by atoms with van der Waals surface area (Å²) >= 11 is 1.65. The first-order chi connectivity index (χ1) is 8.13. The third-order valence-corrected chi connectivity index (χ3v) is 4.72. The normalized spacial score (nSPS) is 20.2. The monoisotopic (exact) mass is 260 g/mol. The zero-order valence-electron chi connectivity index (χ0n) is 10.9. The van der Waals surface area contributed by atoms with Gasteiger partial charge in [0.1, 0.15) is 0 Å². The van der Waals surface area contributed by atoms with E-state index >= 15 is 0 Å². The predicted molar refractivity (Wildman–Crippen MR) is 71.1 cm³/mol. The quantitative estimate of drug-likeness (QED) is 0.714. The topological polar surface area (TPSA) is 46.5 Å². The lowest BCUT2D eigenvalue weighted by molar-refractivity contribution is -0.144. The number of aliphatic hydroxyl groups excluding tert-OH is 1. The molecule has 0 amide bonds. The summed E-state index contributed by atoms with van der Waals surface area (Å²) in [4.78, 5) is 11.2. The number of methoxy groups -OCH3 is 1.